The number of aliphatic hydroxyl groups excluding tert-OH is 1. The number of hydrogen-bond acceptors (Lipinski definition) is 2. The first-order valence-corrected chi connectivity index (χ1v) is 6.10. The second-order valence-corrected chi connectivity index (χ2v) is 4.55. The minimum Gasteiger partial charge on any atom is -0.396 e. The van der Waals surface area contributed by atoms with Gasteiger partial charge in [-0.2, -0.15) is 0 Å². The van der Waals surface area contributed by atoms with E-state index in [1.807, 2.05) is 6.07 Å². The molecule has 0 spiro atoms. The molecular weight excluding hydrogens is 198 g/mol. The maximum atomic E-state index is 9.01. The normalized spacial score (nSPS) is 14.7. The summed E-state index contributed by atoms with van der Waals surface area (Å²) in [6.45, 7) is 5.55. The highest BCUT2D eigenvalue weighted by molar-refractivity contribution is 5.14. The fraction of sp³-hybridized carbons (Fsp3) is 0.571. The Morgan fingerprint density at radius 2 is 1.94 bits per heavy atom. The largest absolute Gasteiger partial charge is 0.396 e. The number of benzene rings is 1. The van der Waals surface area contributed by atoms with Crippen molar-refractivity contribution in [1.82, 2.24) is 5.32 Å². The molecule has 0 radical (unpaired) electrons. The van der Waals surface area contributed by atoms with Gasteiger partial charge in [0.05, 0.1) is 0 Å². The Hall–Kier alpha value is -0.860. The lowest BCUT2D eigenvalue weighted by molar-refractivity contribution is 0.216. The van der Waals surface area contributed by atoms with E-state index in [-0.39, 0.29) is 12.1 Å². The highest BCUT2D eigenvalue weighted by Gasteiger charge is 2.19. The lowest BCUT2D eigenvalue weighted by atomic mass is 9.94. The van der Waals surface area contributed by atoms with E-state index in [1.165, 1.54) is 5.56 Å². The van der Waals surface area contributed by atoms with E-state index >= 15 is 0 Å². The highest BCUT2D eigenvalue weighted by atomic mass is 16.3. The summed E-state index contributed by atoms with van der Waals surface area (Å²) in [6, 6.07) is 10.5. The Balaban J connectivity index is 2.34. The molecule has 2 nitrogen and oxygen atoms in total. The number of hydrogen-bond donors (Lipinski definition) is 2. The van der Waals surface area contributed by atoms with Crippen LogP contribution in [0.2, 0.25) is 0 Å². The number of nitrogens with one attached hydrogen (secondary N) is 1. The van der Waals surface area contributed by atoms with Crippen LogP contribution in [0, 0.1) is 0 Å². The molecule has 0 bridgehead atoms. The Labute approximate surface area is 98.7 Å². The van der Waals surface area contributed by atoms with Crippen LogP contribution in [0.4, 0.5) is 0 Å². The first-order valence-electron chi connectivity index (χ1n) is 6.10. The van der Waals surface area contributed by atoms with Crippen LogP contribution in [0.25, 0.3) is 0 Å². The van der Waals surface area contributed by atoms with Crippen LogP contribution in [0.5, 0.6) is 0 Å². The predicted octanol–water partition coefficient (Wildman–Crippen LogP) is 2.37. The van der Waals surface area contributed by atoms with Gasteiger partial charge in [-0.3, -0.25) is 0 Å². The molecule has 1 rings (SSSR count). The average Bonchev–Trinajstić information content (AvgIpc) is 2.31. The molecule has 0 aliphatic heterocycles. The Morgan fingerprint density at radius 3 is 2.50 bits per heavy atom. The molecule has 16 heavy (non-hydrogen) atoms. The first kappa shape index (κ1) is 13.2. The van der Waals surface area contributed by atoms with E-state index in [4.69, 9.17) is 5.11 Å². The van der Waals surface area contributed by atoms with E-state index in [1.54, 1.807) is 0 Å². The molecule has 0 aromatic heterocycles. The van der Waals surface area contributed by atoms with Crippen LogP contribution in [0.3, 0.4) is 0 Å². The third-order valence-corrected chi connectivity index (χ3v) is 3.25. The molecule has 0 aliphatic carbocycles. The van der Waals surface area contributed by atoms with Crippen molar-refractivity contribution in [3.05, 3.63) is 35.9 Å². The van der Waals surface area contributed by atoms with Crippen molar-refractivity contribution in [1.29, 1.82) is 0 Å². The minimum absolute atomic E-state index is 0.0729. The Kier molecular flexibility index (Phi) is 5.50. The molecule has 90 valence electrons. The zero-order chi connectivity index (χ0) is 11.9. The summed E-state index contributed by atoms with van der Waals surface area (Å²) in [5, 5.41) is 12.5. The molecule has 0 saturated carbocycles. The molecule has 0 fully saturated rings. The number of aliphatic hydroxyl groups is 1. The van der Waals surface area contributed by atoms with Crippen molar-refractivity contribution < 1.29 is 5.11 Å². The predicted molar refractivity (Wildman–Crippen MR) is 68.5 cm³/mol. The summed E-state index contributed by atoms with van der Waals surface area (Å²) < 4.78 is 0. The van der Waals surface area contributed by atoms with Crippen LogP contribution in [0.15, 0.2) is 30.3 Å². The molecule has 1 atom stereocenters. The third kappa shape index (κ3) is 4.33. The quantitative estimate of drug-likeness (QED) is 0.741. The SMILES string of the molecule is CCC(C)(CCO)NCCc1ccccc1. The van der Waals surface area contributed by atoms with Crippen molar-refractivity contribution in [2.45, 2.75) is 38.6 Å². The lowest BCUT2D eigenvalue weighted by Crippen LogP contribution is -2.43. The van der Waals surface area contributed by atoms with Gasteiger partial charge in [0.1, 0.15) is 0 Å². The molecular formula is C14H23NO. The van der Waals surface area contributed by atoms with Gasteiger partial charge in [-0.05, 0) is 38.3 Å². The zero-order valence-corrected chi connectivity index (χ0v) is 10.4. The topological polar surface area (TPSA) is 32.3 Å². The molecule has 2 heteroatoms. The first-order chi connectivity index (χ1) is 7.70. The number of rotatable bonds is 7. The molecule has 0 aliphatic rings. The minimum atomic E-state index is 0.0729. The van der Waals surface area contributed by atoms with Crippen LogP contribution in [0.1, 0.15) is 32.3 Å². The van der Waals surface area contributed by atoms with E-state index in [9.17, 15) is 0 Å². The second-order valence-electron chi connectivity index (χ2n) is 4.55. The molecule has 0 amide bonds. The van der Waals surface area contributed by atoms with E-state index in [0.29, 0.717) is 0 Å². The monoisotopic (exact) mass is 221 g/mol. The fourth-order valence-electron chi connectivity index (χ4n) is 1.79. The van der Waals surface area contributed by atoms with Crippen LogP contribution in [-0.4, -0.2) is 23.8 Å². The smallest absolute Gasteiger partial charge is 0.0448 e. The van der Waals surface area contributed by atoms with Crippen molar-refractivity contribution in [2.75, 3.05) is 13.2 Å². The lowest BCUT2D eigenvalue weighted by Gasteiger charge is -2.29. The van der Waals surface area contributed by atoms with Gasteiger partial charge in [-0.15, -0.1) is 0 Å². The van der Waals surface area contributed by atoms with Crippen molar-refractivity contribution >= 4 is 0 Å². The molecule has 0 saturated heterocycles. The van der Waals surface area contributed by atoms with Crippen LogP contribution in [-0.2, 0) is 6.42 Å². The maximum Gasteiger partial charge on any atom is 0.0448 e. The zero-order valence-electron chi connectivity index (χ0n) is 10.4. The van der Waals surface area contributed by atoms with E-state index in [0.717, 1.165) is 25.8 Å². The summed E-state index contributed by atoms with van der Waals surface area (Å²) in [5.41, 5.74) is 1.43. The highest BCUT2D eigenvalue weighted by Crippen LogP contribution is 2.13. The average molecular weight is 221 g/mol. The molecule has 1 aromatic rings. The molecule has 1 unspecified atom stereocenters. The van der Waals surface area contributed by atoms with Gasteiger partial charge in [-0.25, -0.2) is 0 Å². The van der Waals surface area contributed by atoms with Gasteiger partial charge >= 0.3 is 0 Å². The Morgan fingerprint density at radius 1 is 1.25 bits per heavy atom. The van der Waals surface area contributed by atoms with Gasteiger partial charge in [0.25, 0.3) is 0 Å². The van der Waals surface area contributed by atoms with Crippen molar-refractivity contribution in [3.63, 3.8) is 0 Å². The summed E-state index contributed by atoms with van der Waals surface area (Å²) in [4.78, 5) is 0. The van der Waals surface area contributed by atoms with E-state index in [2.05, 4.69) is 43.4 Å². The van der Waals surface area contributed by atoms with Gasteiger partial charge in [0.2, 0.25) is 0 Å². The second kappa shape index (κ2) is 6.66. The van der Waals surface area contributed by atoms with Crippen LogP contribution >= 0.6 is 0 Å². The summed E-state index contributed by atoms with van der Waals surface area (Å²) in [7, 11) is 0. The molecule has 0 heterocycles. The van der Waals surface area contributed by atoms with Crippen LogP contribution < -0.4 is 5.32 Å². The van der Waals surface area contributed by atoms with Crippen molar-refractivity contribution in [2.24, 2.45) is 0 Å². The standard InChI is InChI=1S/C14H23NO/c1-3-14(2,10-12-16)15-11-9-13-7-5-4-6-8-13/h4-8,15-16H,3,9-12H2,1-2H3. The van der Waals surface area contributed by atoms with E-state index < -0.39 is 0 Å². The maximum absolute atomic E-state index is 9.01. The summed E-state index contributed by atoms with van der Waals surface area (Å²) >= 11 is 0. The van der Waals surface area contributed by atoms with Gasteiger partial charge in [-0.1, -0.05) is 37.3 Å². The fourth-order valence-corrected chi connectivity index (χ4v) is 1.79. The van der Waals surface area contributed by atoms with Gasteiger partial charge in [0, 0.05) is 12.1 Å². The van der Waals surface area contributed by atoms with Gasteiger partial charge in [0.15, 0.2) is 0 Å². The third-order valence-electron chi connectivity index (χ3n) is 3.25. The molecule has 2 N–H and O–H groups in total. The Bertz CT molecular complexity index is 286. The summed E-state index contributed by atoms with van der Waals surface area (Å²) in [6.07, 6.45) is 2.91. The molecule has 1 aromatic carbocycles. The van der Waals surface area contributed by atoms with Gasteiger partial charge < -0.3 is 10.4 Å². The summed E-state index contributed by atoms with van der Waals surface area (Å²) in [5.74, 6) is 0. The van der Waals surface area contributed by atoms with Crippen molar-refractivity contribution in [3.8, 4) is 0 Å².